The topological polar surface area (TPSA) is 58.6 Å². The predicted molar refractivity (Wildman–Crippen MR) is 115 cm³/mol. The molecule has 2 aromatic heterocycles. The number of likely N-dealkylation sites (tertiary alicyclic amines) is 1. The monoisotopic (exact) mass is 414 g/mol. The van der Waals surface area contributed by atoms with E-state index in [0.717, 1.165) is 68.7 Å². The molecule has 6 nitrogen and oxygen atoms in total. The summed E-state index contributed by atoms with van der Waals surface area (Å²) in [5.74, 6) is 1.08. The summed E-state index contributed by atoms with van der Waals surface area (Å²) in [6, 6.07) is 0.470. The zero-order valence-electron chi connectivity index (χ0n) is 17.2. The molecule has 1 amide bonds. The first-order valence-electron chi connectivity index (χ1n) is 11.1. The second-order valence-electron chi connectivity index (χ2n) is 8.77. The molecule has 1 saturated carbocycles. The van der Waals surface area contributed by atoms with Gasteiger partial charge in [-0.3, -0.25) is 9.69 Å². The number of thiophene rings is 1. The zero-order valence-corrected chi connectivity index (χ0v) is 18.0. The number of fused-ring (bicyclic) bond motifs is 3. The van der Waals surface area contributed by atoms with Gasteiger partial charge in [0.15, 0.2) is 0 Å². The van der Waals surface area contributed by atoms with Crippen LogP contribution in [0.4, 0.5) is 0 Å². The summed E-state index contributed by atoms with van der Waals surface area (Å²) in [6.07, 6.45) is 11.9. The van der Waals surface area contributed by atoms with Gasteiger partial charge < -0.3 is 9.64 Å². The Bertz CT molecular complexity index is 884. The Kier molecular flexibility index (Phi) is 5.43. The van der Waals surface area contributed by atoms with Gasteiger partial charge in [-0.2, -0.15) is 0 Å². The number of hydrogen-bond acceptors (Lipinski definition) is 6. The zero-order chi connectivity index (χ0) is 19.8. The van der Waals surface area contributed by atoms with Crippen molar-refractivity contribution in [1.82, 2.24) is 19.8 Å². The molecule has 5 rings (SSSR count). The number of likely N-dealkylation sites (N-methyl/N-ethyl adjacent to an activating group) is 1. The molecule has 2 aliphatic carbocycles. The molecule has 0 radical (unpaired) electrons. The molecule has 7 heteroatoms. The second kappa shape index (κ2) is 8.19. The molecule has 0 aromatic carbocycles. The number of carbonyl (C=O) groups excluding carboxylic acids is 1. The third-order valence-corrected chi connectivity index (χ3v) is 8.06. The van der Waals surface area contributed by atoms with Crippen LogP contribution in [0.5, 0.6) is 5.88 Å². The summed E-state index contributed by atoms with van der Waals surface area (Å²) in [6.45, 7) is 2.42. The minimum absolute atomic E-state index is 0.212. The highest BCUT2D eigenvalue weighted by Gasteiger charge is 2.29. The largest absolute Gasteiger partial charge is 0.474 e. The third-order valence-electron chi connectivity index (χ3n) is 6.86. The molecule has 3 aliphatic rings. The van der Waals surface area contributed by atoms with Crippen LogP contribution in [0.1, 0.15) is 55.4 Å². The Balaban J connectivity index is 1.18. The van der Waals surface area contributed by atoms with E-state index >= 15 is 0 Å². The first-order chi connectivity index (χ1) is 14.2. The van der Waals surface area contributed by atoms with Crippen molar-refractivity contribution in [2.45, 2.75) is 69.9 Å². The lowest BCUT2D eigenvalue weighted by Gasteiger charge is -2.35. The molecule has 2 aromatic rings. The van der Waals surface area contributed by atoms with Gasteiger partial charge in [-0.05, 0) is 70.4 Å². The molecule has 156 valence electrons. The Morgan fingerprint density at radius 2 is 1.97 bits per heavy atom. The van der Waals surface area contributed by atoms with E-state index in [1.54, 1.807) is 6.33 Å². The van der Waals surface area contributed by atoms with Gasteiger partial charge in [0.1, 0.15) is 17.3 Å². The summed E-state index contributed by atoms with van der Waals surface area (Å²) in [7, 11) is 2.10. The average molecular weight is 415 g/mol. The highest BCUT2D eigenvalue weighted by Crippen LogP contribution is 2.40. The third kappa shape index (κ3) is 3.87. The lowest BCUT2D eigenvalue weighted by atomic mass is 9.92. The summed E-state index contributed by atoms with van der Waals surface area (Å²) < 4.78 is 6.40. The van der Waals surface area contributed by atoms with Crippen LogP contribution in [0.3, 0.4) is 0 Å². The van der Waals surface area contributed by atoms with E-state index < -0.39 is 0 Å². The molecule has 0 spiro atoms. The van der Waals surface area contributed by atoms with Crippen molar-refractivity contribution >= 4 is 27.5 Å². The number of amides is 1. The molecular weight excluding hydrogens is 384 g/mol. The summed E-state index contributed by atoms with van der Waals surface area (Å²) in [5, 5.41) is 1.17. The van der Waals surface area contributed by atoms with Crippen LogP contribution in [0.2, 0.25) is 0 Å². The first kappa shape index (κ1) is 19.2. The summed E-state index contributed by atoms with van der Waals surface area (Å²) in [4.78, 5) is 28.2. The van der Waals surface area contributed by atoms with Gasteiger partial charge in [0.05, 0.1) is 11.9 Å². The van der Waals surface area contributed by atoms with Gasteiger partial charge in [-0.1, -0.05) is 0 Å². The van der Waals surface area contributed by atoms with Gasteiger partial charge in [0.2, 0.25) is 11.8 Å². The van der Waals surface area contributed by atoms with Gasteiger partial charge >= 0.3 is 0 Å². The van der Waals surface area contributed by atoms with E-state index in [4.69, 9.17) is 4.74 Å². The summed E-state index contributed by atoms with van der Waals surface area (Å²) >= 11 is 1.81. The number of rotatable bonds is 5. The SMILES string of the molecule is CN(CC(=O)N1CCCC1)[C@H]1CC[C@H](Oc2ncnc3sc4c(c23)CCC4)CC1. The van der Waals surface area contributed by atoms with E-state index in [0.29, 0.717) is 12.6 Å². The van der Waals surface area contributed by atoms with Crippen LogP contribution in [0.25, 0.3) is 10.2 Å². The lowest BCUT2D eigenvalue weighted by molar-refractivity contribution is -0.131. The number of ether oxygens (including phenoxy) is 1. The maximum Gasteiger partial charge on any atom is 0.236 e. The van der Waals surface area contributed by atoms with Crippen molar-refractivity contribution in [2.24, 2.45) is 0 Å². The predicted octanol–water partition coefficient (Wildman–Crippen LogP) is 3.42. The van der Waals surface area contributed by atoms with Gasteiger partial charge in [0.25, 0.3) is 0 Å². The van der Waals surface area contributed by atoms with Gasteiger partial charge in [-0.25, -0.2) is 9.97 Å². The van der Waals surface area contributed by atoms with Gasteiger partial charge in [0, 0.05) is 24.0 Å². The highest BCUT2D eigenvalue weighted by molar-refractivity contribution is 7.18. The molecule has 1 aliphatic heterocycles. The standard InChI is InChI=1S/C22H30N4O2S/c1-25(13-19(27)26-11-2-3-12-26)15-7-9-16(10-8-15)28-21-20-17-5-4-6-18(17)29-22(20)24-14-23-21/h14-16H,2-13H2,1H3/t15-,16-. The fraction of sp³-hybridized carbons (Fsp3) is 0.682. The highest BCUT2D eigenvalue weighted by atomic mass is 32.1. The van der Waals surface area contributed by atoms with E-state index in [1.807, 2.05) is 16.2 Å². The van der Waals surface area contributed by atoms with Crippen molar-refractivity contribution in [3.8, 4) is 5.88 Å². The van der Waals surface area contributed by atoms with Crippen molar-refractivity contribution in [3.63, 3.8) is 0 Å². The van der Waals surface area contributed by atoms with Crippen LogP contribution in [-0.2, 0) is 17.6 Å². The van der Waals surface area contributed by atoms with Crippen LogP contribution in [-0.4, -0.2) is 64.5 Å². The fourth-order valence-electron chi connectivity index (χ4n) is 5.16. The Hall–Kier alpha value is -1.73. The van der Waals surface area contributed by atoms with E-state index in [9.17, 15) is 4.79 Å². The fourth-order valence-corrected chi connectivity index (χ4v) is 6.38. The van der Waals surface area contributed by atoms with Crippen LogP contribution < -0.4 is 4.74 Å². The molecule has 1 saturated heterocycles. The minimum atomic E-state index is 0.212. The van der Waals surface area contributed by atoms with Crippen LogP contribution >= 0.6 is 11.3 Å². The van der Waals surface area contributed by atoms with Crippen molar-refractivity contribution in [2.75, 3.05) is 26.7 Å². The molecule has 2 fully saturated rings. The van der Waals surface area contributed by atoms with Gasteiger partial charge in [-0.15, -0.1) is 11.3 Å². The summed E-state index contributed by atoms with van der Waals surface area (Å²) in [5.41, 5.74) is 1.43. The van der Waals surface area contributed by atoms with Crippen LogP contribution in [0, 0.1) is 0 Å². The number of hydrogen-bond donors (Lipinski definition) is 0. The second-order valence-corrected chi connectivity index (χ2v) is 9.85. The van der Waals surface area contributed by atoms with Crippen molar-refractivity contribution < 1.29 is 9.53 Å². The number of nitrogens with zero attached hydrogens (tertiary/aromatic N) is 4. The number of aryl methyl sites for hydroxylation is 2. The van der Waals surface area contributed by atoms with E-state index in [-0.39, 0.29) is 12.0 Å². The lowest BCUT2D eigenvalue weighted by Crippen LogP contribution is -2.44. The average Bonchev–Trinajstić information content (AvgIpc) is 3.46. The first-order valence-corrected chi connectivity index (χ1v) is 11.9. The normalized spacial score (nSPS) is 24.4. The molecule has 0 N–H and O–H groups in total. The molecule has 0 atom stereocenters. The maximum atomic E-state index is 12.4. The number of carbonyl (C=O) groups is 1. The maximum absolute atomic E-state index is 12.4. The molecule has 0 unspecified atom stereocenters. The van der Waals surface area contributed by atoms with Crippen LogP contribution in [0.15, 0.2) is 6.33 Å². The smallest absolute Gasteiger partial charge is 0.236 e. The Morgan fingerprint density at radius 1 is 1.17 bits per heavy atom. The van der Waals surface area contributed by atoms with Crippen molar-refractivity contribution in [3.05, 3.63) is 16.8 Å². The number of aromatic nitrogens is 2. The Morgan fingerprint density at radius 3 is 2.76 bits per heavy atom. The molecule has 3 heterocycles. The quantitative estimate of drug-likeness (QED) is 0.750. The minimum Gasteiger partial charge on any atom is -0.474 e. The Labute approximate surface area is 176 Å². The van der Waals surface area contributed by atoms with E-state index in [2.05, 4.69) is 21.9 Å². The van der Waals surface area contributed by atoms with E-state index in [1.165, 1.54) is 28.7 Å². The molecular formula is C22H30N4O2S. The molecule has 0 bridgehead atoms. The van der Waals surface area contributed by atoms with Crippen molar-refractivity contribution in [1.29, 1.82) is 0 Å². The molecule has 29 heavy (non-hydrogen) atoms.